The molecule has 0 atom stereocenters. The van der Waals surface area contributed by atoms with Gasteiger partial charge < -0.3 is 9.72 Å². The fourth-order valence-corrected chi connectivity index (χ4v) is 1.57. The Bertz CT molecular complexity index is 459. The van der Waals surface area contributed by atoms with Crippen molar-refractivity contribution in [1.29, 1.82) is 0 Å². The molecule has 0 aliphatic heterocycles. The molecule has 0 fully saturated rings. The summed E-state index contributed by atoms with van der Waals surface area (Å²) < 4.78 is 29.5. The van der Waals surface area contributed by atoms with Gasteiger partial charge in [-0.05, 0) is 35.6 Å². The number of esters is 1. The molecule has 0 aliphatic carbocycles. The van der Waals surface area contributed by atoms with Gasteiger partial charge in [0, 0.05) is 5.56 Å². The first-order valence-corrected chi connectivity index (χ1v) is 5.43. The molecule has 1 N–H and O–H groups in total. The van der Waals surface area contributed by atoms with E-state index in [0.29, 0.717) is 0 Å². The first kappa shape index (κ1) is 13.1. The van der Waals surface area contributed by atoms with Crippen LogP contribution in [0.5, 0.6) is 0 Å². The van der Waals surface area contributed by atoms with Crippen molar-refractivity contribution in [3.8, 4) is 0 Å². The molecule has 0 saturated carbocycles. The molecular formula is C9H8F2INO3. The number of halogens is 3. The third kappa shape index (κ3) is 2.77. The topological polar surface area (TPSA) is 59.2 Å². The Morgan fingerprint density at radius 1 is 1.62 bits per heavy atom. The van der Waals surface area contributed by atoms with Gasteiger partial charge in [-0.2, -0.15) is 0 Å². The van der Waals surface area contributed by atoms with Gasteiger partial charge in [0.05, 0.1) is 10.2 Å². The van der Waals surface area contributed by atoms with E-state index in [2.05, 4.69) is 9.72 Å². The summed E-state index contributed by atoms with van der Waals surface area (Å²) >= 11 is 1.51. The standard InChI is InChI=1S/C9H8F2INO3/c1-2-16-9(15)5-3-4(7(10)11)6(12)8(14)13-5/h3,7H,2H2,1H3,(H,13,14). The maximum atomic E-state index is 12.5. The van der Waals surface area contributed by atoms with Gasteiger partial charge in [0.1, 0.15) is 5.69 Å². The SMILES string of the molecule is CCOC(=O)c1cc(C(F)F)c(I)c(=O)[nH]1. The summed E-state index contributed by atoms with van der Waals surface area (Å²) in [7, 11) is 0. The van der Waals surface area contributed by atoms with E-state index < -0.39 is 23.5 Å². The van der Waals surface area contributed by atoms with Crippen molar-refractivity contribution in [3.05, 3.63) is 31.2 Å². The Morgan fingerprint density at radius 3 is 2.75 bits per heavy atom. The van der Waals surface area contributed by atoms with E-state index in [1.54, 1.807) is 6.92 Å². The van der Waals surface area contributed by atoms with Crippen LogP contribution in [0.25, 0.3) is 0 Å². The number of H-pyrrole nitrogens is 1. The largest absolute Gasteiger partial charge is 0.461 e. The number of aromatic nitrogens is 1. The lowest BCUT2D eigenvalue weighted by atomic mass is 10.2. The summed E-state index contributed by atoms with van der Waals surface area (Å²) in [6, 6.07) is 0.936. The lowest BCUT2D eigenvalue weighted by Gasteiger charge is -2.06. The lowest BCUT2D eigenvalue weighted by molar-refractivity contribution is 0.0518. The maximum Gasteiger partial charge on any atom is 0.354 e. The molecule has 1 aromatic heterocycles. The van der Waals surface area contributed by atoms with Crippen LogP contribution < -0.4 is 5.56 Å². The zero-order chi connectivity index (χ0) is 12.3. The van der Waals surface area contributed by atoms with Crippen LogP contribution in [0.4, 0.5) is 8.78 Å². The van der Waals surface area contributed by atoms with E-state index in [1.807, 2.05) is 0 Å². The minimum absolute atomic E-state index is 0.108. The summed E-state index contributed by atoms with van der Waals surface area (Å²) in [5.41, 5.74) is -1.45. The van der Waals surface area contributed by atoms with Gasteiger partial charge in [-0.15, -0.1) is 0 Å². The van der Waals surface area contributed by atoms with Gasteiger partial charge in [0.25, 0.3) is 12.0 Å². The van der Waals surface area contributed by atoms with Gasteiger partial charge in [-0.25, -0.2) is 13.6 Å². The average molecular weight is 343 g/mol. The van der Waals surface area contributed by atoms with Crippen molar-refractivity contribution in [2.75, 3.05) is 6.61 Å². The van der Waals surface area contributed by atoms with Crippen LogP contribution in [0.3, 0.4) is 0 Å². The van der Waals surface area contributed by atoms with Crippen molar-refractivity contribution >= 4 is 28.6 Å². The highest BCUT2D eigenvalue weighted by atomic mass is 127. The number of aromatic amines is 1. The Labute approximate surface area is 103 Å². The highest BCUT2D eigenvalue weighted by Crippen LogP contribution is 2.22. The molecular weight excluding hydrogens is 335 g/mol. The van der Waals surface area contributed by atoms with E-state index in [4.69, 9.17) is 0 Å². The van der Waals surface area contributed by atoms with Crippen molar-refractivity contribution in [2.45, 2.75) is 13.3 Å². The van der Waals surface area contributed by atoms with Gasteiger partial charge in [0.15, 0.2) is 0 Å². The van der Waals surface area contributed by atoms with E-state index >= 15 is 0 Å². The highest BCUT2D eigenvalue weighted by molar-refractivity contribution is 14.1. The summed E-state index contributed by atoms with van der Waals surface area (Å²) in [5, 5.41) is 0. The first-order chi connectivity index (χ1) is 7.47. The van der Waals surface area contributed by atoms with E-state index in [9.17, 15) is 18.4 Å². The fourth-order valence-electron chi connectivity index (χ4n) is 1.04. The number of carbonyl (C=O) groups is 1. The molecule has 1 rings (SSSR count). The van der Waals surface area contributed by atoms with E-state index in [1.165, 1.54) is 22.6 Å². The molecule has 0 amide bonds. The van der Waals surface area contributed by atoms with E-state index in [0.717, 1.165) is 6.07 Å². The number of alkyl halides is 2. The predicted octanol–water partition coefficient (Wildman–Crippen LogP) is 2.09. The molecule has 0 spiro atoms. The summed E-state index contributed by atoms with van der Waals surface area (Å²) in [6.07, 6.45) is -2.80. The quantitative estimate of drug-likeness (QED) is 0.676. The zero-order valence-corrected chi connectivity index (χ0v) is 10.4. The van der Waals surface area contributed by atoms with Crippen LogP contribution in [0.1, 0.15) is 29.4 Å². The monoisotopic (exact) mass is 343 g/mol. The zero-order valence-electron chi connectivity index (χ0n) is 8.22. The van der Waals surface area contributed by atoms with Crippen LogP contribution in [0.2, 0.25) is 0 Å². The number of hydrogen-bond donors (Lipinski definition) is 1. The number of rotatable bonds is 3. The number of carbonyl (C=O) groups excluding carboxylic acids is 1. The number of ether oxygens (including phenoxy) is 1. The van der Waals surface area contributed by atoms with Gasteiger partial charge >= 0.3 is 5.97 Å². The average Bonchev–Trinajstić information content (AvgIpc) is 2.21. The Morgan fingerprint density at radius 2 is 2.25 bits per heavy atom. The van der Waals surface area contributed by atoms with E-state index in [-0.39, 0.29) is 15.9 Å². The number of nitrogens with one attached hydrogen (secondary N) is 1. The molecule has 0 bridgehead atoms. The second-order valence-electron chi connectivity index (χ2n) is 2.80. The fraction of sp³-hybridized carbons (Fsp3) is 0.333. The lowest BCUT2D eigenvalue weighted by Crippen LogP contribution is -2.19. The van der Waals surface area contributed by atoms with Crippen LogP contribution in [-0.4, -0.2) is 17.6 Å². The van der Waals surface area contributed by atoms with Crippen molar-refractivity contribution in [2.24, 2.45) is 0 Å². The molecule has 0 unspecified atom stereocenters. The normalized spacial score (nSPS) is 10.6. The van der Waals surface area contributed by atoms with Crippen LogP contribution in [0.15, 0.2) is 10.9 Å². The molecule has 0 radical (unpaired) electrons. The molecule has 0 aliphatic rings. The second-order valence-corrected chi connectivity index (χ2v) is 3.88. The smallest absolute Gasteiger partial charge is 0.354 e. The van der Waals surface area contributed by atoms with Crippen molar-refractivity contribution in [3.63, 3.8) is 0 Å². The summed E-state index contributed by atoms with van der Waals surface area (Å²) in [6.45, 7) is 1.69. The summed E-state index contributed by atoms with van der Waals surface area (Å²) in [5.74, 6) is -0.821. The first-order valence-electron chi connectivity index (χ1n) is 4.35. The van der Waals surface area contributed by atoms with Crippen molar-refractivity contribution < 1.29 is 18.3 Å². The van der Waals surface area contributed by atoms with Gasteiger partial charge in [-0.1, -0.05) is 0 Å². The third-order valence-corrected chi connectivity index (χ3v) is 2.84. The molecule has 0 saturated heterocycles. The van der Waals surface area contributed by atoms with Crippen LogP contribution >= 0.6 is 22.6 Å². The van der Waals surface area contributed by atoms with Crippen LogP contribution in [0, 0.1) is 3.57 Å². The third-order valence-electron chi connectivity index (χ3n) is 1.73. The van der Waals surface area contributed by atoms with Gasteiger partial charge in [-0.3, -0.25) is 4.79 Å². The number of pyridine rings is 1. The predicted molar refractivity (Wildman–Crippen MR) is 60.7 cm³/mol. The molecule has 1 heterocycles. The van der Waals surface area contributed by atoms with Crippen molar-refractivity contribution in [1.82, 2.24) is 4.98 Å². The molecule has 7 heteroatoms. The summed E-state index contributed by atoms with van der Waals surface area (Å²) in [4.78, 5) is 24.7. The highest BCUT2D eigenvalue weighted by Gasteiger charge is 2.18. The second kappa shape index (κ2) is 5.37. The minimum atomic E-state index is -2.80. The Hall–Kier alpha value is -0.990. The molecule has 88 valence electrons. The maximum absolute atomic E-state index is 12.5. The number of hydrogen-bond acceptors (Lipinski definition) is 3. The van der Waals surface area contributed by atoms with Crippen LogP contribution in [-0.2, 0) is 4.74 Å². The minimum Gasteiger partial charge on any atom is -0.461 e. The van der Waals surface area contributed by atoms with Gasteiger partial charge in [0.2, 0.25) is 0 Å². The Balaban J connectivity index is 3.24. The molecule has 1 aromatic rings. The molecule has 16 heavy (non-hydrogen) atoms. The molecule has 4 nitrogen and oxygen atoms in total. The molecule has 0 aromatic carbocycles. The Kier molecular flexibility index (Phi) is 4.39.